The highest BCUT2D eigenvalue weighted by Crippen LogP contribution is 2.38. The van der Waals surface area contributed by atoms with Crippen LogP contribution < -0.4 is 5.32 Å². The number of aliphatic carboxylic acids is 1. The first-order valence-corrected chi connectivity index (χ1v) is 8.84. The van der Waals surface area contributed by atoms with Crippen LogP contribution in [0.3, 0.4) is 0 Å². The molecule has 2 aliphatic rings. The van der Waals surface area contributed by atoms with Crippen molar-refractivity contribution < 1.29 is 19.2 Å². The molecule has 2 unspecified atom stereocenters. The number of carboxylic acid groups (broad SMARTS) is 1. The van der Waals surface area contributed by atoms with Gasteiger partial charge in [-0.1, -0.05) is 18.0 Å². The Hall–Kier alpha value is -1.92. The van der Waals surface area contributed by atoms with Crippen molar-refractivity contribution >= 4 is 11.9 Å². The molecule has 7 nitrogen and oxygen atoms in total. The maximum atomic E-state index is 12.2. The molecule has 0 spiro atoms. The summed E-state index contributed by atoms with van der Waals surface area (Å²) in [5.41, 5.74) is -0.648. The molecule has 2 fully saturated rings. The van der Waals surface area contributed by atoms with Gasteiger partial charge in [-0.25, -0.2) is 0 Å². The van der Waals surface area contributed by atoms with Gasteiger partial charge in [-0.05, 0) is 39.0 Å². The van der Waals surface area contributed by atoms with Crippen molar-refractivity contribution in [2.24, 2.45) is 5.92 Å². The fourth-order valence-corrected chi connectivity index (χ4v) is 3.54. The summed E-state index contributed by atoms with van der Waals surface area (Å²) >= 11 is 0. The Kier molecular flexibility index (Phi) is 4.87. The van der Waals surface area contributed by atoms with Gasteiger partial charge in [0.05, 0.1) is 11.5 Å². The van der Waals surface area contributed by atoms with Crippen LogP contribution in [0.1, 0.15) is 75.9 Å². The number of carbonyl (C=O) groups excluding carboxylic acids is 1. The van der Waals surface area contributed by atoms with Crippen molar-refractivity contribution in [2.45, 2.75) is 76.2 Å². The quantitative estimate of drug-likeness (QED) is 0.793. The minimum Gasteiger partial charge on any atom is -0.481 e. The van der Waals surface area contributed by atoms with Crippen molar-refractivity contribution in [3.05, 3.63) is 11.7 Å². The summed E-state index contributed by atoms with van der Waals surface area (Å²) in [6.45, 7) is 1.85. The molecule has 2 N–H and O–H groups in total. The fraction of sp³-hybridized carbons (Fsp3) is 0.765. The molecule has 2 atom stereocenters. The third-order valence-corrected chi connectivity index (χ3v) is 5.15. The zero-order chi connectivity index (χ0) is 17.2. The Morgan fingerprint density at radius 2 is 2.12 bits per heavy atom. The first-order chi connectivity index (χ1) is 11.5. The van der Waals surface area contributed by atoms with E-state index >= 15 is 0 Å². The molecule has 0 aliphatic heterocycles. The lowest BCUT2D eigenvalue weighted by Gasteiger charge is -2.39. The smallest absolute Gasteiger partial charge is 0.308 e. The molecule has 0 saturated heterocycles. The van der Waals surface area contributed by atoms with E-state index in [1.54, 1.807) is 0 Å². The van der Waals surface area contributed by atoms with Crippen LogP contribution in [-0.4, -0.2) is 32.7 Å². The van der Waals surface area contributed by atoms with Crippen molar-refractivity contribution in [2.75, 3.05) is 0 Å². The maximum Gasteiger partial charge on any atom is 0.308 e. The van der Waals surface area contributed by atoms with Crippen molar-refractivity contribution in [3.63, 3.8) is 0 Å². The van der Waals surface area contributed by atoms with Gasteiger partial charge < -0.3 is 14.9 Å². The largest absolute Gasteiger partial charge is 0.481 e. The van der Waals surface area contributed by atoms with E-state index in [0.717, 1.165) is 31.5 Å². The van der Waals surface area contributed by atoms with Gasteiger partial charge in [-0.2, -0.15) is 4.98 Å². The number of rotatable bonds is 7. The molecule has 2 aliphatic carbocycles. The Morgan fingerprint density at radius 1 is 1.33 bits per heavy atom. The van der Waals surface area contributed by atoms with Crippen LogP contribution in [0.25, 0.3) is 0 Å². The van der Waals surface area contributed by atoms with E-state index in [1.807, 2.05) is 6.92 Å². The number of aryl methyl sites for hydroxylation is 1. The van der Waals surface area contributed by atoms with Crippen molar-refractivity contribution in [3.8, 4) is 0 Å². The molecule has 0 radical (unpaired) electrons. The lowest BCUT2D eigenvalue weighted by atomic mass is 9.74. The Labute approximate surface area is 141 Å². The molecule has 1 heterocycles. The number of carbonyl (C=O) groups is 2. The van der Waals surface area contributed by atoms with E-state index in [1.165, 1.54) is 0 Å². The maximum absolute atomic E-state index is 12.2. The normalized spacial score (nSPS) is 27.0. The fourth-order valence-electron chi connectivity index (χ4n) is 3.54. The number of nitrogens with zero attached hydrogens (tertiary/aromatic N) is 2. The zero-order valence-corrected chi connectivity index (χ0v) is 14.1. The minimum atomic E-state index is -0.823. The van der Waals surface area contributed by atoms with E-state index in [4.69, 9.17) is 4.52 Å². The van der Waals surface area contributed by atoms with Gasteiger partial charge in [0.25, 0.3) is 0 Å². The van der Waals surface area contributed by atoms with Crippen molar-refractivity contribution in [1.82, 2.24) is 15.5 Å². The highest BCUT2D eigenvalue weighted by atomic mass is 16.5. The van der Waals surface area contributed by atoms with Crippen LogP contribution in [0, 0.1) is 5.92 Å². The topological polar surface area (TPSA) is 105 Å². The summed E-state index contributed by atoms with van der Waals surface area (Å²) in [7, 11) is 0. The Bertz CT molecular complexity index is 611. The number of nitrogens with one attached hydrogen (secondary N) is 1. The lowest BCUT2D eigenvalue weighted by molar-refractivity contribution is -0.146. The molecule has 132 valence electrons. The van der Waals surface area contributed by atoms with Gasteiger partial charge in [-0.3, -0.25) is 9.59 Å². The molecular weight excluding hydrogens is 310 g/mol. The summed E-state index contributed by atoms with van der Waals surface area (Å²) in [5.74, 6) is 0.395. The van der Waals surface area contributed by atoms with Gasteiger partial charge in [-0.15, -0.1) is 0 Å². The Morgan fingerprint density at radius 3 is 2.83 bits per heavy atom. The van der Waals surface area contributed by atoms with E-state index in [9.17, 15) is 14.7 Å². The highest BCUT2D eigenvalue weighted by molar-refractivity contribution is 5.79. The number of hydrogen-bond acceptors (Lipinski definition) is 5. The minimum absolute atomic E-state index is 0.104. The van der Waals surface area contributed by atoms with Crippen LogP contribution in [0.5, 0.6) is 0 Å². The standard InChI is InChI=1S/C17H25N3O4/c1-17(10-3-2-5-12(17)16(22)23)19-13(21)6-4-7-14-18-15(20-24-14)11-8-9-11/h11-12H,2-10H2,1H3,(H,19,21)(H,22,23). The molecule has 24 heavy (non-hydrogen) atoms. The third-order valence-electron chi connectivity index (χ3n) is 5.15. The molecule has 1 aromatic rings. The van der Waals surface area contributed by atoms with Gasteiger partial charge in [0, 0.05) is 18.8 Å². The zero-order valence-electron chi connectivity index (χ0n) is 14.1. The summed E-state index contributed by atoms with van der Waals surface area (Å²) in [5, 5.41) is 16.3. The first-order valence-electron chi connectivity index (χ1n) is 8.84. The van der Waals surface area contributed by atoms with Crippen LogP contribution in [0.2, 0.25) is 0 Å². The van der Waals surface area contributed by atoms with Gasteiger partial charge in [0.15, 0.2) is 5.82 Å². The van der Waals surface area contributed by atoms with E-state index in [-0.39, 0.29) is 5.91 Å². The average Bonchev–Trinajstić information content (AvgIpc) is 3.26. The van der Waals surface area contributed by atoms with Crippen LogP contribution in [0.15, 0.2) is 4.52 Å². The predicted octanol–water partition coefficient (Wildman–Crippen LogP) is 2.42. The average molecular weight is 335 g/mol. The monoisotopic (exact) mass is 335 g/mol. The number of amides is 1. The lowest BCUT2D eigenvalue weighted by Crippen LogP contribution is -2.55. The van der Waals surface area contributed by atoms with Crippen molar-refractivity contribution in [1.29, 1.82) is 0 Å². The summed E-state index contributed by atoms with van der Waals surface area (Å²) in [4.78, 5) is 28.0. The van der Waals surface area contributed by atoms with Gasteiger partial charge in [0.1, 0.15) is 0 Å². The Balaban J connectivity index is 1.46. The molecular formula is C17H25N3O4. The summed E-state index contributed by atoms with van der Waals surface area (Å²) in [6.07, 6.45) is 6.98. The first kappa shape index (κ1) is 16.9. The van der Waals surface area contributed by atoms with E-state index < -0.39 is 17.4 Å². The van der Waals surface area contributed by atoms with E-state index in [2.05, 4.69) is 15.5 Å². The summed E-state index contributed by atoms with van der Waals surface area (Å²) < 4.78 is 5.20. The number of hydrogen-bond donors (Lipinski definition) is 2. The van der Waals surface area contributed by atoms with Crippen LogP contribution in [0.4, 0.5) is 0 Å². The van der Waals surface area contributed by atoms with E-state index in [0.29, 0.717) is 43.9 Å². The number of carboxylic acids is 1. The van der Waals surface area contributed by atoms with Gasteiger partial charge >= 0.3 is 5.97 Å². The molecule has 0 bridgehead atoms. The SMILES string of the molecule is CC1(NC(=O)CCCc2nc(C3CC3)no2)CCCCC1C(=O)O. The molecule has 2 saturated carbocycles. The molecule has 3 rings (SSSR count). The molecule has 7 heteroatoms. The second-order valence-corrected chi connectivity index (χ2v) is 7.28. The third kappa shape index (κ3) is 3.94. The predicted molar refractivity (Wildman–Crippen MR) is 85.4 cm³/mol. The second-order valence-electron chi connectivity index (χ2n) is 7.28. The number of aromatic nitrogens is 2. The molecule has 1 aromatic heterocycles. The highest BCUT2D eigenvalue weighted by Gasteiger charge is 2.42. The van der Waals surface area contributed by atoms with Crippen LogP contribution in [-0.2, 0) is 16.0 Å². The van der Waals surface area contributed by atoms with Gasteiger partial charge in [0.2, 0.25) is 11.8 Å². The molecule has 1 amide bonds. The molecule has 0 aromatic carbocycles. The van der Waals surface area contributed by atoms with Crippen LogP contribution >= 0.6 is 0 Å². The second kappa shape index (κ2) is 6.91. The summed E-state index contributed by atoms with van der Waals surface area (Å²) in [6, 6.07) is 0.